The van der Waals surface area contributed by atoms with Crippen LogP contribution in [0.5, 0.6) is 0 Å². The van der Waals surface area contributed by atoms with Crippen molar-refractivity contribution in [2.75, 3.05) is 0 Å². The summed E-state index contributed by atoms with van der Waals surface area (Å²) in [5.41, 5.74) is 2.35. The van der Waals surface area contributed by atoms with Gasteiger partial charge < -0.3 is 15.0 Å². The number of hydrogen-bond donors (Lipinski definition) is 2. The number of amides is 1. The Hall–Kier alpha value is -2.56. The fourth-order valence-corrected chi connectivity index (χ4v) is 4.42. The number of nitrogens with zero attached hydrogens (tertiary/aromatic N) is 1. The van der Waals surface area contributed by atoms with E-state index in [4.69, 9.17) is 0 Å². The summed E-state index contributed by atoms with van der Waals surface area (Å²) >= 11 is 0. The van der Waals surface area contributed by atoms with E-state index in [9.17, 15) is 14.7 Å². The maximum Gasteiger partial charge on any atom is 0.326 e. The normalized spacial score (nSPS) is 25.6. The lowest BCUT2D eigenvalue weighted by molar-refractivity contribution is -0.141. The van der Waals surface area contributed by atoms with Crippen molar-refractivity contribution in [2.45, 2.75) is 44.2 Å². The second-order valence-electron chi connectivity index (χ2n) is 7.07. The molecule has 1 saturated carbocycles. The maximum atomic E-state index is 13.1. The maximum absolute atomic E-state index is 13.1. The number of fused-ring (bicyclic) bond motifs is 1. The van der Waals surface area contributed by atoms with E-state index in [-0.39, 0.29) is 11.9 Å². The van der Waals surface area contributed by atoms with Gasteiger partial charge in [0.1, 0.15) is 11.7 Å². The fourth-order valence-electron chi connectivity index (χ4n) is 4.42. The number of benzene rings is 1. The van der Waals surface area contributed by atoms with Crippen LogP contribution in [0, 0.1) is 5.92 Å². The zero-order valence-corrected chi connectivity index (χ0v) is 14.0. The highest BCUT2D eigenvalue weighted by atomic mass is 16.4. The predicted molar refractivity (Wildman–Crippen MR) is 94.2 cm³/mol. The van der Waals surface area contributed by atoms with Crippen molar-refractivity contribution in [3.05, 3.63) is 48.2 Å². The molecule has 4 rings (SSSR count). The highest BCUT2D eigenvalue weighted by Gasteiger charge is 2.47. The molecule has 1 amide bonds. The van der Waals surface area contributed by atoms with Crippen LogP contribution in [0.25, 0.3) is 11.3 Å². The number of aliphatic carboxylic acids is 1. The van der Waals surface area contributed by atoms with Gasteiger partial charge in [0.15, 0.2) is 0 Å². The number of H-pyrrole nitrogens is 1. The average Bonchev–Trinajstić information content (AvgIpc) is 3.27. The number of carbonyl (C=O) groups excluding carboxylic acids is 1. The van der Waals surface area contributed by atoms with E-state index in [0.717, 1.165) is 36.9 Å². The van der Waals surface area contributed by atoms with Gasteiger partial charge in [-0.3, -0.25) is 4.79 Å². The molecule has 1 aromatic carbocycles. The number of carboxylic acids is 1. The third-order valence-corrected chi connectivity index (χ3v) is 5.61. The first-order valence-corrected chi connectivity index (χ1v) is 8.95. The summed E-state index contributed by atoms with van der Waals surface area (Å²) in [7, 11) is 0. The minimum Gasteiger partial charge on any atom is -0.480 e. The smallest absolute Gasteiger partial charge is 0.326 e. The lowest BCUT2D eigenvalue weighted by Crippen LogP contribution is -2.46. The molecule has 5 heteroatoms. The largest absolute Gasteiger partial charge is 0.480 e. The van der Waals surface area contributed by atoms with Crippen molar-refractivity contribution in [3.63, 3.8) is 0 Å². The lowest BCUT2D eigenvalue weighted by atomic mass is 9.84. The van der Waals surface area contributed by atoms with Crippen LogP contribution in [0.3, 0.4) is 0 Å². The van der Waals surface area contributed by atoms with Gasteiger partial charge in [-0.25, -0.2) is 4.79 Å². The second kappa shape index (κ2) is 6.39. The molecule has 0 spiro atoms. The molecule has 0 radical (unpaired) electrons. The molecule has 3 atom stereocenters. The average molecular weight is 338 g/mol. The Balaban J connectivity index is 1.63. The molecule has 2 aliphatic rings. The van der Waals surface area contributed by atoms with E-state index in [2.05, 4.69) is 4.98 Å². The monoisotopic (exact) mass is 338 g/mol. The van der Waals surface area contributed by atoms with Gasteiger partial charge in [-0.05, 0) is 42.9 Å². The number of rotatable bonds is 3. The Morgan fingerprint density at radius 1 is 1.04 bits per heavy atom. The molecule has 5 nitrogen and oxygen atoms in total. The SMILES string of the molecule is O=C(O)C1CC2CCCCC2N1C(=O)c1ccc(-c2ccccc2)[nH]1. The van der Waals surface area contributed by atoms with Crippen molar-refractivity contribution in [1.82, 2.24) is 9.88 Å². The number of aromatic nitrogens is 1. The minimum atomic E-state index is -0.891. The summed E-state index contributed by atoms with van der Waals surface area (Å²) in [6.45, 7) is 0. The molecule has 2 heterocycles. The molecule has 2 N–H and O–H groups in total. The van der Waals surface area contributed by atoms with Crippen molar-refractivity contribution < 1.29 is 14.7 Å². The minimum absolute atomic E-state index is 0.0609. The fraction of sp³-hybridized carbons (Fsp3) is 0.400. The Morgan fingerprint density at radius 3 is 2.56 bits per heavy atom. The van der Waals surface area contributed by atoms with Crippen LogP contribution in [0.2, 0.25) is 0 Å². The highest BCUT2D eigenvalue weighted by Crippen LogP contribution is 2.40. The summed E-state index contributed by atoms with van der Waals surface area (Å²) in [6.07, 6.45) is 4.72. The third kappa shape index (κ3) is 2.84. The predicted octanol–water partition coefficient (Wildman–Crippen LogP) is 3.54. The third-order valence-electron chi connectivity index (χ3n) is 5.61. The number of aromatic amines is 1. The zero-order chi connectivity index (χ0) is 17.4. The van der Waals surface area contributed by atoms with Crippen molar-refractivity contribution >= 4 is 11.9 Å². The summed E-state index contributed by atoms with van der Waals surface area (Å²) < 4.78 is 0. The Morgan fingerprint density at radius 2 is 1.80 bits per heavy atom. The summed E-state index contributed by atoms with van der Waals surface area (Å²) in [4.78, 5) is 29.6. The lowest BCUT2D eigenvalue weighted by Gasteiger charge is -2.32. The molecule has 130 valence electrons. The van der Waals surface area contributed by atoms with E-state index in [1.807, 2.05) is 36.4 Å². The molecular formula is C20H22N2O3. The standard InChI is InChI=1S/C20H22N2O3/c23-19(16-11-10-15(21-16)13-6-2-1-3-7-13)22-17-9-5-4-8-14(17)12-18(22)20(24)25/h1-3,6-7,10-11,14,17-18,21H,4-5,8-9,12H2,(H,24,25). The number of hydrogen-bond acceptors (Lipinski definition) is 2. The molecule has 1 aliphatic heterocycles. The molecule has 1 aromatic heterocycles. The quantitative estimate of drug-likeness (QED) is 0.899. The van der Waals surface area contributed by atoms with E-state index >= 15 is 0 Å². The molecule has 3 unspecified atom stereocenters. The van der Waals surface area contributed by atoms with Crippen LogP contribution in [0.1, 0.15) is 42.6 Å². The number of carboxylic acid groups (broad SMARTS) is 1. The molecule has 1 saturated heterocycles. The topological polar surface area (TPSA) is 73.4 Å². The number of likely N-dealkylation sites (tertiary alicyclic amines) is 1. The van der Waals surface area contributed by atoms with Gasteiger partial charge in [-0.1, -0.05) is 43.2 Å². The zero-order valence-electron chi connectivity index (χ0n) is 14.0. The van der Waals surface area contributed by atoms with Crippen molar-refractivity contribution in [1.29, 1.82) is 0 Å². The van der Waals surface area contributed by atoms with Crippen LogP contribution < -0.4 is 0 Å². The van der Waals surface area contributed by atoms with Gasteiger partial charge in [-0.15, -0.1) is 0 Å². The van der Waals surface area contributed by atoms with E-state index in [1.165, 1.54) is 0 Å². The Labute approximate surface area is 146 Å². The molecular weight excluding hydrogens is 316 g/mol. The van der Waals surface area contributed by atoms with Gasteiger partial charge in [0.25, 0.3) is 5.91 Å². The van der Waals surface area contributed by atoms with Gasteiger partial charge in [0.05, 0.1) is 0 Å². The molecule has 2 fully saturated rings. The highest BCUT2D eigenvalue weighted by molar-refractivity contribution is 5.96. The molecule has 0 bridgehead atoms. The summed E-state index contributed by atoms with van der Waals surface area (Å²) in [6, 6.07) is 12.8. The first-order chi connectivity index (χ1) is 12.1. The van der Waals surface area contributed by atoms with Crippen LogP contribution in [-0.4, -0.2) is 39.0 Å². The van der Waals surface area contributed by atoms with E-state index in [0.29, 0.717) is 18.0 Å². The van der Waals surface area contributed by atoms with E-state index < -0.39 is 12.0 Å². The van der Waals surface area contributed by atoms with Crippen LogP contribution in [0.4, 0.5) is 0 Å². The first kappa shape index (κ1) is 15.9. The van der Waals surface area contributed by atoms with Gasteiger partial charge in [-0.2, -0.15) is 0 Å². The summed E-state index contributed by atoms with van der Waals surface area (Å²) in [5, 5.41) is 9.61. The number of nitrogens with one attached hydrogen (secondary N) is 1. The molecule has 2 aromatic rings. The Kier molecular flexibility index (Phi) is 4.07. The summed E-state index contributed by atoms with van der Waals surface area (Å²) in [5.74, 6) is -0.760. The van der Waals surface area contributed by atoms with Gasteiger partial charge >= 0.3 is 5.97 Å². The first-order valence-electron chi connectivity index (χ1n) is 8.95. The Bertz CT molecular complexity index is 783. The van der Waals surface area contributed by atoms with Crippen LogP contribution in [-0.2, 0) is 4.79 Å². The van der Waals surface area contributed by atoms with E-state index in [1.54, 1.807) is 11.0 Å². The van der Waals surface area contributed by atoms with Gasteiger partial charge in [0.2, 0.25) is 0 Å². The van der Waals surface area contributed by atoms with Crippen molar-refractivity contribution in [2.24, 2.45) is 5.92 Å². The molecule has 25 heavy (non-hydrogen) atoms. The second-order valence-corrected chi connectivity index (χ2v) is 7.07. The molecule has 1 aliphatic carbocycles. The van der Waals surface area contributed by atoms with Crippen LogP contribution >= 0.6 is 0 Å². The van der Waals surface area contributed by atoms with Crippen LogP contribution in [0.15, 0.2) is 42.5 Å². The number of carbonyl (C=O) groups is 2. The van der Waals surface area contributed by atoms with Gasteiger partial charge in [0, 0.05) is 11.7 Å². The van der Waals surface area contributed by atoms with Crippen molar-refractivity contribution in [3.8, 4) is 11.3 Å².